The van der Waals surface area contributed by atoms with E-state index in [2.05, 4.69) is 33.9 Å². The predicted octanol–water partition coefficient (Wildman–Crippen LogP) is 2.29. The molecule has 2 aliphatic rings. The van der Waals surface area contributed by atoms with E-state index in [1.165, 1.54) is 42.5 Å². The second kappa shape index (κ2) is 7.66. The molecule has 1 unspecified atom stereocenters. The Balaban J connectivity index is 1.45. The number of carbonyl (C=O) groups is 1. The van der Waals surface area contributed by atoms with E-state index in [1.54, 1.807) is 4.31 Å². The summed E-state index contributed by atoms with van der Waals surface area (Å²) < 4.78 is 32.2. The number of benzene rings is 2. The molecule has 1 fully saturated rings. The van der Waals surface area contributed by atoms with Crippen LogP contribution in [0.1, 0.15) is 27.9 Å². The van der Waals surface area contributed by atoms with Gasteiger partial charge < -0.3 is 4.74 Å². The van der Waals surface area contributed by atoms with Crippen LogP contribution in [0.2, 0.25) is 0 Å². The van der Waals surface area contributed by atoms with E-state index in [1.807, 2.05) is 0 Å². The second-order valence-corrected chi connectivity index (χ2v) is 9.25. The quantitative estimate of drug-likeness (QED) is 0.737. The Bertz CT molecular complexity index is 972. The first-order valence-corrected chi connectivity index (χ1v) is 10.9. The van der Waals surface area contributed by atoms with Crippen molar-refractivity contribution in [3.8, 4) is 0 Å². The Morgan fingerprint density at radius 2 is 1.75 bits per heavy atom. The molecule has 2 aromatic rings. The van der Waals surface area contributed by atoms with Gasteiger partial charge >= 0.3 is 5.97 Å². The number of rotatable bonds is 4. The summed E-state index contributed by atoms with van der Waals surface area (Å²) in [4.78, 5) is 14.2. The van der Waals surface area contributed by atoms with Crippen LogP contribution in [0, 0.1) is 0 Å². The van der Waals surface area contributed by atoms with Crippen LogP contribution in [0.25, 0.3) is 0 Å². The lowest BCUT2D eigenvalue weighted by molar-refractivity contribution is 0.0600. The minimum absolute atomic E-state index is 0.213. The highest BCUT2D eigenvalue weighted by atomic mass is 32.2. The van der Waals surface area contributed by atoms with E-state index < -0.39 is 16.0 Å². The van der Waals surface area contributed by atoms with Crippen LogP contribution in [-0.4, -0.2) is 56.4 Å². The molecule has 2 heterocycles. The Hall–Kier alpha value is -2.22. The molecule has 0 saturated carbocycles. The molecule has 0 radical (unpaired) electrons. The predicted molar refractivity (Wildman–Crippen MR) is 106 cm³/mol. The number of ether oxygens (including phenoxy) is 1. The van der Waals surface area contributed by atoms with Crippen LogP contribution in [0.15, 0.2) is 53.4 Å². The number of carbonyl (C=O) groups excluding carboxylic acids is 1. The van der Waals surface area contributed by atoms with Gasteiger partial charge in [-0.2, -0.15) is 4.31 Å². The highest BCUT2D eigenvalue weighted by molar-refractivity contribution is 7.89. The summed E-state index contributed by atoms with van der Waals surface area (Å²) in [5, 5.41) is 0. The van der Waals surface area contributed by atoms with Crippen molar-refractivity contribution in [2.24, 2.45) is 0 Å². The largest absolute Gasteiger partial charge is 0.465 e. The van der Waals surface area contributed by atoms with Gasteiger partial charge in [-0.3, -0.25) is 4.90 Å². The molecule has 2 aliphatic heterocycles. The van der Waals surface area contributed by atoms with Crippen LogP contribution in [-0.2, 0) is 27.7 Å². The highest BCUT2D eigenvalue weighted by Gasteiger charge is 2.36. The zero-order valence-electron chi connectivity index (χ0n) is 15.9. The molecule has 0 N–H and O–H groups in total. The van der Waals surface area contributed by atoms with Gasteiger partial charge in [0.05, 0.1) is 17.6 Å². The Kier molecular flexibility index (Phi) is 5.23. The summed E-state index contributed by atoms with van der Waals surface area (Å²) in [7, 11) is -2.26. The van der Waals surface area contributed by atoms with Gasteiger partial charge in [-0.25, -0.2) is 13.2 Å². The summed E-state index contributed by atoms with van der Waals surface area (Å²) in [6.07, 6.45) is 1.84. The molecular weight excluding hydrogens is 376 g/mol. The Morgan fingerprint density at radius 3 is 2.46 bits per heavy atom. The average Bonchev–Trinajstić information content (AvgIpc) is 3.24. The van der Waals surface area contributed by atoms with Crippen LogP contribution < -0.4 is 0 Å². The van der Waals surface area contributed by atoms with Crippen molar-refractivity contribution in [3.05, 3.63) is 65.2 Å². The number of hydrogen-bond acceptors (Lipinski definition) is 5. The number of sulfonamides is 1. The molecule has 0 spiro atoms. The van der Waals surface area contributed by atoms with Crippen molar-refractivity contribution in [2.45, 2.75) is 30.3 Å². The molecule has 1 atom stereocenters. The van der Waals surface area contributed by atoms with Gasteiger partial charge in [0.1, 0.15) is 0 Å². The normalized spacial score (nSPS) is 20.7. The summed E-state index contributed by atoms with van der Waals surface area (Å²) in [6.45, 7) is 2.86. The summed E-state index contributed by atoms with van der Waals surface area (Å²) in [6, 6.07) is 14.6. The molecule has 6 nitrogen and oxygen atoms in total. The number of hydrogen-bond donors (Lipinski definition) is 0. The standard InChI is InChI=1S/C21H24N2O4S/c1-27-21(24)17-6-8-20(9-7-17)28(25,26)23-13-11-19(15-23)22-12-10-16-4-2-3-5-18(16)14-22/h2-9,19H,10-15H2,1H3. The fraction of sp³-hybridized carbons (Fsp3) is 0.381. The molecule has 0 aromatic heterocycles. The summed E-state index contributed by atoms with van der Waals surface area (Å²) in [5.74, 6) is -0.476. The zero-order valence-corrected chi connectivity index (χ0v) is 16.7. The Labute approximate surface area is 165 Å². The zero-order chi connectivity index (χ0) is 19.7. The summed E-state index contributed by atoms with van der Waals surface area (Å²) >= 11 is 0. The lowest BCUT2D eigenvalue weighted by atomic mass is 9.98. The van der Waals surface area contributed by atoms with E-state index in [0.29, 0.717) is 18.7 Å². The first-order valence-electron chi connectivity index (χ1n) is 9.48. The molecule has 2 aromatic carbocycles. The SMILES string of the molecule is COC(=O)c1ccc(S(=O)(=O)N2CCC(N3CCc4ccccc4C3)C2)cc1. The first-order chi connectivity index (χ1) is 13.5. The van der Waals surface area contributed by atoms with Gasteiger partial charge in [0, 0.05) is 32.2 Å². The van der Waals surface area contributed by atoms with Crippen molar-refractivity contribution in [3.63, 3.8) is 0 Å². The van der Waals surface area contributed by atoms with Crippen LogP contribution in [0.5, 0.6) is 0 Å². The smallest absolute Gasteiger partial charge is 0.337 e. The second-order valence-electron chi connectivity index (χ2n) is 7.31. The summed E-state index contributed by atoms with van der Waals surface area (Å²) in [5.41, 5.74) is 3.08. The van der Waals surface area contributed by atoms with Crippen LogP contribution in [0.4, 0.5) is 0 Å². The van der Waals surface area contributed by atoms with Gasteiger partial charge in [-0.05, 0) is 48.2 Å². The van der Waals surface area contributed by atoms with E-state index in [4.69, 9.17) is 0 Å². The molecule has 4 rings (SSSR count). The molecule has 0 bridgehead atoms. The average molecular weight is 401 g/mol. The van der Waals surface area contributed by atoms with E-state index in [9.17, 15) is 13.2 Å². The maximum Gasteiger partial charge on any atom is 0.337 e. The fourth-order valence-electron chi connectivity index (χ4n) is 4.09. The molecule has 148 valence electrons. The third-order valence-electron chi connectivity index (χ3n) is 5.72. The van der Waals surface area contributed by atoms with E-state index in [0.717, 1.165) is 25.9 Å². The van der Waals surface area contributed by atoms with Crippen molar-refractivity contribution in [1.29, 1.82) is 0 Å². The monoisotopic (exact) mass is 400 g/mol. The van der Waals surface area contributed by atoms with Gasteiger partial charge in [0.2, 0.25) is 10.0 Å². The molecular formula is C21H24N2O4S. The number of nitrogens with zero attached hydrogens (tertiary/aromatic N) is 2. The maximum absolute atomic E-state index is 13.0. The lowest BCUT2D eigenvalue weighted by Crippen LogP contribution is -2.41. The van der Waals surface area contributed by atoms with Crippen LogP contribution >= 0.6 is 0 Å². The molecule has 7 heteroatoms. The molecule has 0 aliphatic carbocycles. The molecule has 28 heavy (non-hydrogen) atoms. The Morgan fingerprint density at radius 1 is 1.04 bits per heavy atom. The number of fused-ring (bicyclic) bond motifs is 1. The topological polar surface area (TPSA) is 66.9 Å². The van der Waals surface area contributed by atoms with Gasteiger partial charge in [0.25, 0.3) is 0 Å². The third-order valence-corrected chi connectivity index (χ3v) is 7.60. The van der Waals surface area contributed by atoms with Gasteiger partial charge in [-0.1, -0.05) is 24.3 Å². The third kappa shape index (κ3) is 3.57. The minimum atomic E-state index is -3.57. The highest BCUT2D eigenvalue weighted by Crippen LogP contribution is 2.27. The van der Waals surface area contributed by atoms with Crippen molar-refractivity contribution >= 4 is 16.0 Å². The van der Waals surface area contributed by atoms with E-state index >= 15 is 0 Å². The number of methoxy groups -OCH3 is 1. The fourth-order valence-corrected chi connectivity index (χ4v) is 5.58. The minimum Gasteiger partial charge on any atom is -0.465 e. The molecule has 1 saturated heterocycles. The number of esters is 1. The van der Waals surface area contributed by atoms with E-state index in [-0.39, 0.29) is 10.9 Å². The van der Waals surface area contributed by atoms with Crippen molar-refractivity contribution in [1.82, 2.24) is 9.21 Å². The van der Waals surface area contributed by atoms with Crippen molar-refractivity contribution in [2.75, 3.05) is 26.7 Å². The molecule has 0 amide bonds. The first kappa shape index (κ1) is 19.1. The van der Waals surface area contributed by atoms with Gasteiger partial charge in [0.15, 0.2) is 0 Å². The van der Waals surface area contributed by atoms with Crippen molar-refractivity contribution < 1.29 is 17.9 Å². The maximum atomic E-state index is 13.0. The lowest BCUT2D eigenvalue weighted by Gasteiger charge is -2.33. The van der Waals surface area contributed by atoms with Crippen LogP contribution in [0.3, 0.4) is 0 Å². The van der Waals surface area contributed by atoms with Gasteiger partial charge in [-0.15, -0.1) is 0 Å².